The lowest BCUT2D eigenvalue weighted by atomic mass is 9.90. The SMILES string of the molecule is COC(=O)[C@]1(Sc2ccc(C)cc2)C[C@H](OC(C)=O)[C@@H](NS(=O)(=O)c2ccccc2[N+](=O)[O-])[C@H]([C@H](OC(C)=O)[C@@H](CN=[N+]=[N-])OC(C)=O)O1. The Hall–Kier alpha value is -4.75. The van der Waals surface area contributed by atoms with Gasteiger partial charge in [-0.25, -0.2) is 17.9 Å². The average molecular weight is 724 g/mol. The standard InChI is InChI=1S/C29H33N5O13S2/c1-16-10-12-20(13-11-16)48-29(28(38)43-5)14-22(44-17(2)35)25(32-49(41,42)24-9-7-6-8-21(24)34(39)40)27(47-29)26(46-19(4)37)23(15-31-33-30)45-18(3)36/h6-13,22-23,25-27,32H,14-15H2,1-5H3/t22-,23+,25+,26+,27+,29+/m0/s1. The van der Waals surface area contributed by atoms with Gasteiger partial charge in [-0.05, 0) is 30.7 Å². The number of nitro groups is 1. The molecule has 1 N–H and O–H groups in total. The Labute approximate surface area is 284 Å². The minimum atomic E-state index is -4.91. The van der Waals surface area contributed by atoms with Gasteiger partial charge in [-0.15, -0.1) is 0 Å². The summed E-state index contributed by atoms with van der Waals surface area (Å²) in [7, 11) is -3.86. The summed E-state index contributed by atoms with van der Waals surface area (Å²) in [4.78, 5) is 61.9. The van der Waals surface area contributed by atoms with Crippen LogP contribution in [0.15, 0.2) is 63.4 Å². The second-order valence-electron chi connectivity index (χ2n) is 10.6. The molecule has 0 saturated carbocycles. The molecule has 0 bridgehead atoms. The molecule has 0 aliphatic carbocycles. The Morgan fingerprint density at radius 2 is 1.73 bits per heavy atom. The number of ether oxygens (including phenoxy) is 5. The van der Waals surface area contributed by atoms with E-state index in [1.54, 1.807) is 24.3 Å². The maximum absolute atomic E-state index is 13.9. The van der Waals surface area contributed by atoms with Crippen LogP contribution < -0.4 is 4.72 Å². The van der Waals surface area contributed by atoms with Crippen molar-refractivity contribution in [3.05, 3.63) is 74.7 Å². The molecule has 0 unspecified atom stereocenters. The highest BCUT2D eigenvalue weighted by molar-refractivity contribution is 8.01. The van der Waals surface area contributed by atoms with Crippen LogP contribution in [0.4, 0.5) is 5.69 Å². The Morgan fingerprint density at radius 3 is 2.29 bits per heavy atom. The molecule has 6 atom stereocenters. The molecule has 1 fully saturated rings. The highest BCUT2D eigenvalue weighted by atomic mass is 32.2. The van der Waals surface area contributed by atoms with Gasteiger partial charge in [0.15, 0.2) is 11.0 Å². The van der Waals surface area contributed by atoms with Crippen molar-refractivity contribution in [3.63, 3.8) is 0 Å². The van der Waals surface area contributed by atoms with Crippen LogP contribution in [-0.2, 0) is 52.9 Å². The first-order valence-corrected chi connectivity index (χ1v) is 16.6. The molecule has 1 aliphatic rings. The predicted octanol–water partition coefficient (Wildman–Crippen LogP) is 3.11. The minimum absolute atomic E-state index is 0.449. The zero-order valence-electron chi connectivity index (χ0n) is 26.8. The highest BCUT2D eigenvalue weighted by Gasteiger charge is 2.59. The van der Waals surface area contributed by atoms with Crippen LogP contribution in [0.1, 0.15) is 32.8 Å². The molecule has 18 nitrogen and oxygen atoms in total. The first-order chi connectivity index (χ1) is 23.0. The van der Waals surface area contributed by atoms with Crippen molar-refractivity contribution in [2.24, 2.45) is 5.11 Å². The number of methoxy groups -OCH3 is 1. The van der Waals surface area contributed by atoms with Crippen molar-refractivity contribution >= 4 is 51.3 Å². The van der Waals surface area contributed by atoms with Gasteiger partial charge in [-0.3, -0.25) is 24.5 Å². The number of nitrogens with one attached hydrogen (secondary N) is 1. The Morgan fingerprint density at radius 1 is 1.10 bits per heavy atom. The number of hydrogen-bond acceptors (Lipinski definition) is 15. The van der Waals surface area contributed by atoms with Gasteiger partial charge < -0.3 is 23.7 Å². The third kappa shape index (κ3) is 9.89. The number of aryl methyl sites for hydroxylation is 1. The van der Waals surface area contributed by atoms with Crippen LogP contribution in [0.25, 0.3) is 10.4 Å². The summed E-state index contributed by atoms with van der Waals surface area (Å²) in [5, 5.41) is 15.2. The Bertz CT molecular complexity index is 1730. The van der Waals surface area contributed by atoms with E-state index in [0.717, 1.165) is 57.3 Å². The number of hydrogen-bond donors (Lipinski definition) is 1. The molecule has 1 aliphatic heterocycles. The fourth-order valence-electron chi connectivity index (χ4n) is 5.04. The predicted molar refractivity (Wildman–Crippen MR) is 169 cm³/mol. The van der Waals surface area contributed by atoms with Gasteiger partial charge in [0.2, 0.25) is 15.0 Å². The van der Waals surface area contributed by atoms with Crippen LogP contribution in [0.3, 0.4) is 0 Å². The number of thioether (sulfide) groups is 1. The second kappa shape index (κ2) is 16.6. The van der Waals surface area contributed by atoms with E-state index in [0.29, 0.717) is 4.90 Å². The molecule has 1 saturated heterocycles. The van der Waals surface area contributed by atoms with E-state index < -0.39 is 97.8 Å². The van der Waals surface area contributed by atoms with Crippen molar-refractivity contribution in [3.8, 4) is 0 Å². The van der Waals surface area contributed by atoms with E-state index in [-0.39, 0.29) is 0 Å². The normalized spacial score (nSPS) is 21.6. The van der Waals surface area contributed by atoms with Gasteiger partial charge in [-0.2, -0.15) is 0 Å². The average Bonchev–Trinajstić information content (AvgIpc) is 3.03. The number of benzene rings is 2. The molecule has 0 radical (unpaired) electrons. The maximum Gasteiger partial charge on any atom is 0.349 e. The minimum Gasteiger partial charge on any atom is -0.466 e. The molecular formula is C29H33N5O13S2. The summed E-state index contributed by atoms with van der Waals surface area (Å²) in [6.45, 7) is 4.13. The van der Waals surface area contributed by atoms with Crippen LogP contribution in [0.5, 0.6) is 0 Å². The number of rotatable bonds is 14. The quantitative estimate of drug-likeness (QED) is 0.0559. The summed E-state index contributed by atoms with van der Waals surface area (Å²) in [5.74, 6) is -3.90. The zero-order chi connectivity index (χ0) is 36.5. The topological polar surface area (TPSA) is 252 Å². The smallest absolute Gasteiger partial charge is 0.349 e. The first-order valence-electron chi connectivity index (χ1n) is 14.3. The Kier molecular flexibility index (Phi) is 13.1. The van der Waals surface area contributed by atoms with Crippen LogP contribution in [0.2, 0.25) is 0 Å². The lowest BCUT2D eigenvalue weighted by Gasteiger charge is -2.48. The van der Waals surface area contributed by atoms with Crippen molar-refractivity contribution in [1.29, 1.82) is 0 Å². The van der Waals surface area contributed by atoms with Crippen molar-refractivity contribution in [2.75, 3.05) is 13.7 Å². The van der Waals surface area contributed by atoms with Gasteiger partial charge in [0.1, 0.15) is 18.3 Å². The lowest BCUT2D eigenvalue weighted by molar-refractivity contribution is -0.387. The number of carbonyl (C=O) groups is 4. The zero-order valence-corrected chi connectivity index (χ0v) is 28.5. The van der Waals surface area contributed by atoms with E-state index in [2.05, 4.69) is 14.7 Å². The number of para-hydroxylation sites is 1. The van der Waals surface area contributed by atoms with E-state index in [1.807, 2.05) is 6.92 Å². The summed E-state index contributed by atoms with van der Waals surface area (Å²) in [5.41, 5.74) is 9.12. The summed E-state index contributed by atoms with van der Waals surface area (Å²) >= 11 is 0.806. The molecule has 2 aromatic carbocycles. The van der Waals surface area contributed by atoms with Crippen molar-refractivity contribution < 1.29 is 56.2 Å². The van der Waals surface area contributed by atoms with E-state index in [4.69, 9.17) is 29.2 Å². The van der Waals surface area contributed by atoms with Crippen LogP contribution >= 0.6 is 11.8 Å². The van der Waals surface area contributed by atoms with Gasteiger partial charge >= 0.3 is 23.9 Å². The monoisotopic (exact) mass is 723 g/mol. The molecule has 49 heavy (non-hydrogen) atoms. The molecule has 20 heteroatoms. The van der Waals surface area contributed by atoms with Gasteiger partial charge in [0.25, 0.3) is 5.69 Å². The number of esters is 4. The molecule has 2 aromatic rings. The Balaban J connectivity index is 2.35. The lowest BCUT2D eigenvalue weighted by Crippen LogP contribution is -2.68. The number of nitro benzene ring substituents is 1. The van der Waals surface area contributed by atoms with Gasteiger partial charge in [-0.1, -0.05) is 46.7 Å². The summed E-state index contributed by atoms with van der Waals surface area (Å²) in [6, 6.07) is 9.37. The van der Waals surface area contributed by atoms with Gasteiger partial charge in [0, 0.05) is 43.1 Å². The molecule has 1 heterocycles. The maximum atomic E-state index is 13.9. The van der Waals surface area contributed by atoms with Gasteiger partial charge in [0.05, 0.1) is 24.6 Å². The summed E-state index contributed by atoms with van der Waals surface area (Å²) < 4.78 is 57.9. The van der Waals surface area contributed by atoms with Crippen LogP contribution in [0, 0.1) is 17.0 Å². The van der Waals surface area contributed by atoms with E-state index in [9.17, 15) is 37.7 Å². The fraction of sp³-hybridized carbons (Fsp3) is 0.448. The second-order valence-corrected chi connectivity index (χ2v) is 13.6. The van der Waals surface area contributed by atoms with E-state index >= 15 is 0 Å². The number of carbonyl (C=O) groups excluding carboxylic acids is 4. The molecule has 3 rings (SSSR count). The third-order valence-electron chi connectivity index (χ3n) is 6.95. The molecule has 0 spiro atoms. The first kappa shape index (κ1) is 38.7. The number of nitrogens with zero attached hydrogens (tertiary/aromatic N) is 4. The molecule has 264 valence electrons. The molecule has 0 amide bonds. The van der Waals surface area contributed by atoms with E-state index in [1.165, 1.54) is 12.1 Å². The highest BCUT2D eigenvalue weighted by Crippen LogP contribution is 2.46. The largest absolute Gasteiger partial charge is 0.466 e. The molecular weight excluding hydrogens is 690 g/mol. The number of azide groups is 1. The molecule has 0 aromatic heterocycles. The number of sulfonamides is 1. The van der Waals surface area contributed by atoms with Crippen molar-refractivity contribution in [2.45, 2.75) is 79.3 Å². The van der Waals surface area contributed by atoms with Crippen molar-refractivity contribution in [1.82, 2.24) is 4.72 Å². The summed E-state index contributed by atoms with van der Waals surface area (Å²) in [6.07, 6.45) is -7.60. The third-order valence-corrected chi connectivity index (χ3v) is 9.72. The fourth-order valence-corrected chi connectivity index (χ4v) is 7.71. The van der Waals surface area contributed by atoms with Crippen LogP contribution in [-0.4, -0.2) is 86.3 Å².